The lowest BCUT2D eigenvalue weighted by Crippen LogP contribution is -2.13. The highest BCUT2D eigenvalue weighted by atomic mass is 16.5. The minimum atomic E-state index is 0.444. The molecule has 0 spiro atoms. The summed E-state index contributed by atoms with van der Waals surface area (Å²) in [5.41, 5.74) is 1.46. The Kier molecular flexibility index (Phi) is 4.70. The van der Waals surface area contributed by atoms with Crippen molar-refractivity contribution < 1.29 is 4.74 Å². The third-order valence-corrected chi connectivity index (χ3v) is 1.42. The van der Waals surface area contributed by atoms with Gasteiger partial charge in [-0.3, -0.25) is 0 Å². The summed E-state index contributed by atoms with van der Waals surface area (Å²) in [6.45, 7) is 5.07. The lowest BCUT2D eigenvalue weighted by atomic mass is 10.1. The second-order valence-corrected chi connectivity index (χ2v) is 2.40. The zero-order chi connectivity index (χ0) is 7.98. The Labute approximate surface area is 63.1 Å². The molecule has 1 atom stereocenters. The Balaban J connectivity index is 0.000000371. The molecule has 0 bridgehead atoms. The highest BCUT2D eigenvalue weighted by molar-refractivity contribution is 5.02. The zero-order valence-electron chi connectivity index (χ0n) is 6.63. The van der Waals surface area contributed by atoms with Crippen molar-refractivity contribution in [3.8, 4) is 12.8 Å². The van der Waals surface area contributed by atoms with Gasteiger partial charge in [-0.2, -0.15) is 0 Å². The smallest absolute Gasteiger partial charge is 0.0653 e. The molecule has 0 amide bonds. The summed E-state index contributed by atoms with van der Waals surface area (Å²) in [4.78, 5) is 0. The van der Waals surface area contributed by atoms with Crippen LogP contribution in [-0.4, -0.2) is 12.7 Å². The molecule has 0 N–H and O–H groups in total. The Hall–Kier alpha value is -0.740. The van der Waals surface area contributed by atoms with Gasteiger partial charge in [0.15, 0.2) is 0 Å². The van der Waals surface area contributed by atoms with Crippen LogP contribution in [0.1, 0.15) is 20.3 Å². The Bertz CT molecular complexity index is 133. The van der Waals surface area contributed by atoms with Crippen LogP contribution in [0.25, 0.3) is 0 Å². The predicted octanol–water partition coefficient (Wildman–Crippen LogP) is 1.99. The van der Waals surface area contributed by atoms with Gasteiger partial charge in [0.1, 0.15) is 0 Å². The van der Waals surface area contributed by atoms with Crippen LogP contribution in [-0.2, 0) is 4.74 Å². The summed E-state index contributed by atoms with van der Waals surface area (Å²) < 4.78 is 5.27. The van der Waals surface area contributed by atoms with E-state index in [-0.39, 0.29) is 0 Å². The fourth-order valence-electron chi connectivity index (χ4n) is 0.950. The standard InChI is InChI=1S/C7H12O.C2H2/c1-6-3-4-8-7(2)5-6;1-2/h3,7H,4-5H2,1-2H3;1-2H. The molecule has 0 aromatic rings. The summed E-state index contributed by atoms with van der Waals surface area (Å²) in [5.74, 6) is 0. The number of terminal acetylenes is 1. The van der Waals surface area contributed by atoms with E-state index in [2.05, 4.69) is 32.8 Å². The topological polar surface area (TPSA) is 9.23 Å². The van der Waals surface area contributed by atoms with Gasteiger partial charge < -0.3 is 4.74 Å². The molecule has 0 aromatic carbocycles. The molecule has 1 aliphatic heterocycles. The Morgan fingerprint density at radius 2 is 2.20 bits per heavy atom. The fourth-order valence-corrected chi connectivity index (χ4v) is 0.950. The quantitative estimate of drug-likeness (QED) is 0.367. The van der Waals surface area contributed by atoms with E-state index in [1.807, 2.05) is 0 Å². The van der Waals surface area contributed by atoms with Crippen molar-refractivity contribution in [2.24, 2.45) is 0 Å². The van der Waals surface area contributed by atoms with Crippen molar-refractivity contribution >= 4 is 0 Å². The fraction of sp³-hybridized carbons (Fsp3) is 0.556. The molecule has 0 fully saturated rings. The zero-order valence-corrected chi connectivity index (χ0v) is 6.63. The first-order valence-electron chi connectivity index (χ1n) is 3.39. The van der Waals surface area contributed by atoms with Crippen LogP contribution < -0.4 is 0 Å². The van der Waals surface area contributed by atoms with E-state index in [1.54, 1.807) is 0 Å². The maximum Gasteiger partial charge on any atom is 0.0653 e. The molecule has 1 nitrogen and oxygen atoms in total. The van der Waals surface area contributed by atoms with E-state index in [4.69, 9.17) is 4.74 Å². The molecular weight excluding hydrogens is 124 g/mol. The van der Waals surface area contributed by atoms with Crippen LogP contribution in [0.15, 0.2) is 11.6 Å². The number of hydrogen-bond donors (Lipinski definition) is 0. The van der Waals surface area contributed by atoms with Gasteiger partial charge >= 0.3 is 0 Å². The highest BCUT2D eigenvalue weighted by Gasteiger charge is 2.05. The van der Waals surface area contributed by atoms with Gasteiger partial charge in [-0.05, 0) is 20.3 Å². The molecule has 1 aliphatic rings. The maximum atomic E-state index is 5.27. The normalized spacial score (nSPS) is 24.0. The van der Waals surface area contributed by atoms with E-state index in [1.165, 1.54) is 5.57 Å². The van der Waals surface area contributed by atoms with Crippen LogP contribution >= 0.6 is 0 Å². The van der Waals surface area contributed by atoms with Gasteiger partial charge in [-0.15, -0.1) is 12.8 Å². The predicted molar refractivity (Wildman–Crippen MR) is 43.7 cm³/mol. The minimum absolute atomic E-state index is 0.444. The molecule has 1 heterocycles. The molecule has 0 aliphatic carbocycles. The molecular formula is C9H14O. The SMILES string of the molecule is C#C.CC1=CCOC(C)C1. The van der Waals surface area contributed by atoms with Crippen molar-refractivity contribution in [1.82, 2.24) is 0 Å². The Morgan fingerprint density at radius 1 is 1.60 bits per heavy atom. The number of hydrogen-bond acceptors (Lipinski definition) is 1. The molecule has 0 radical (unpaired) electrons. The summed E-state index contributed by atoms with van der Waals surface area (Å²) >= 11 is 0. The second-order valence-electron chi connectivity index (χ2n) is 2.40. The molecule has 0 aromatic heterocycles. The van der Waals surface area contributed by atoms with Crippen molar-refractivity contribution in [3.63, 3.8) is 0 Å². The third kappa shape index (κ3) is 3.32. The average molecular weight is 138 g/mol. The lowest BCUT2D eigenvalue weighted by Gasteiger charge is -2.16. The second kappa shape index (κ2) is 5.08. The van der Waals surface area contributed by atoms with Gasteiger partial charge in [-0.1, -0.05) is 11.6 Å². The monoisotopic (exact) mass is 138 g/mol. The summed E-state index contributed by atoms with van der Waals surface area (Å²) in [6, 6.07) is 0. The van der Waals surface area contributed by atoms with E-state index >= 15 is 0 Å². The first-order chi connectivity index (χ1) is 4.79. The lowest BCUT2D eigenvalue weighted by molar-refractivity contribution is 0.0784. The molecule has 56 valence electrons. The highest BCUT2D eigenvalue weighted by Crippen LogP contribution is 2.11. The van der Waals surface area contributed by atoms with Crippen molar-refractivity contribution in [1.29, 1.82) is 0 Å². The third-order valence-electron chi connectivity index (χ3n) is 1.42. The minimum Gasteiger partial charge on any atom is -0.374 e. The van der Waals surface area contributed by atoms with Crippen molar-refractivity contribution in [2.75, 3.05) is 6.61 Å². The molecule has 0 saturated heterocycles. The van der Waals surface area contributed by atoms with E-state index in [0.717, 1.165) is 13.0 Å². The van der Waals surface area contributed by atoms with Gasteiger partial charge in [0.2, 0.25) is 0 Å². The van der Waals surface area contributed by atoms with Crippen LogP contribution in [0.4, 0.5) is 0 Å². The Morgan fingerprint density at radius 3 is 2.50 bits per heavy atom. The average Bonchev–Trinajstić information content (AvgIpc) is 1.91. The first-order valence-corrected chi connectivity index (χ1v) is 3.39. The van der Waals surface area contributed by atoms with Crippen molar-refractivity contribution in [2.45, 2.75) is 26.4 Å². The number of ether oxygens (including phenoxy) is 1. The molecule has 1 unspecified atom stereocenters. The van der Waals surface area contributed by atoms with Gasteiger partial charge in [0, 0.05) is 0 Å². The molecule has 0 saturated carbocycles. The van der Waals surface area contributed by atoms with Crippen LogP contribution in [0.5, 0.6) is 0 Å². The largest absolute Gasteiger partial charge is 0.374 e. The maximum absolute atomic E-state index is 5.27. The summed E-state index contributed by atoms with van der Waals surface area (Å²) in [7, 11) is 0. The van der Waals surface area contributed by atoms with Gasteiger partial charge in [-0.25, -0.2) is 0 Å². The van der Waals surface area contributed by atoms with Crippen LogP contribution in [0.3, 0.4) is 0 Å². The van der Waals surface area contributed by atoms with E-state index < -0.39 is 0 Å². The van der Waals surface area contributed by atoms with Crippen LogP contribution in [0.2, 0.25) is 0 Å². The van der Waals surface area contributed by atoms with E-state index in [0.29, 0.717) is 6.10 Å². The van der Waals surface area contributed by atoms with E-state index in [9.17, 15) is 0 Å². The number of rotatable bonds is 0. The van der Waals surface area contributed by atoms with Gasteiger partial charge in [0.05, 0.1) is 12.7 Å². The molecule has 1 rings (SSSR count). The summed E-state index contributed by atoms with van der Waals surface area (Å²) in [6.07, 6.45) is 11.7. The molecule has 1 heteroatoms. The van der Waals surface area contributed by atoms with Crippen molar-refractivity contribution in [3.05, 3.63) is 11.6 Å². The van der Waals surface area contributed by atoms with Crippen LogP contribution in [0, 0.1) is 12.8 Å². The first kappa shape index (κ1) is 9.26. The van der Waals surface area contributed by atoms with Gasteiger partial charge in [0.25, 0.3) is 0 Å². The molecule has 10 heavy (non-hydrogen) atoms. The summed E-state index contributed by atoms with van der Waals surface area (Å²) in [5, 5.41) is 0.